The van der Waals surface area contributed by atoms with Gasteiger partial charge >= 0.3 is 0 Å². The summed E-state index contributed by atoms with van der Waals surface area (Å²) in [5, 5.41) is 13.4. The van der Waals surface area contributed by atoms with Crippen LogP contribution in [-0.4, -0.2) is 36.8 Å². The molecule has 6 aromatic rings. The predicted molar refractivity (Wildman–Crippen MR) is 175 cm³/mol. The molecule has 0 aliphatic rings. The number of nitrogens with one attached hydrogen (secondary N) is 1. The van der Waals surface area contributed by atoms with Crippen LogP contribution in [0.4, 0.5) is 5.82 Å². The van der Waals surface area contributed by atoms with Crippen molar-refractivity contribution in [1.82, 2.24) is 24.8 Å². The number of pyridine rings is 2. The Balaban J connectivity index is 1.33. The molecule has 0 aliphatic heterocycles. The maximum Gasteiger partial charge on any atom is 0.251 e. The molecule has 9 heteroatoms. The second kappa shape index (κ2) is 11.7. The van der Waals surface area contributed by atoms with Gasteiger partial charge in [0.2, 0.25) is 0 Å². The number of phenolic OH excluding ortho intramolecular Hbond substituents is 1. The number of hydrogen-bond donors (Lipinski definition) is 3. The fourth-order valence-corrected chi connectivity index (χ4v) is 5.26. The van der Waals surface area contributed by atoms with Gasteiger partial charge in [-0.1, -0.05) is 63.2 Å². The average molecular weight is 597 g/mol. The van der Waals surface area contributed by atoms with Crippen LogP contribution >= 0.6 is 0 Å². The molecular formula is C36H32N6O3. The van der Waals surface area contributed by atoms with Crippen molar-refractivity contribution in [1.29, 1.82) is 0 Å². The Morgan fingerprint density at radius 3 is 2.40 bits per heavy atom. The van der Waals surface area contributed by atoms with Crippen molar-refractivity contribution in [2.45, 2.75) is 32.7 Å². The van der Waals surface area contributed by atoms with Gasteiger partial charge in [0.1, 0.15) is 17.1 Å². The summed E-state index contributed by atoms with van der Waals surface area (Å²) >= 11 is 0. The van der Waals surface area contributed by atoms with E-state index < -0.39 is 5.41 Å². The molecule has 0 spiro atoms. The van der Waals surface area contributed by atoms with Gasteiger partial charge in [-0.15, -0.1) is 0 Å². The minimum Gasteiger partial charge on any atom is -0.507 e. The standard InChI is InChI=1S/C36H32N6O3/c1-36(2,3)28-19-24(18-25(21-43)31(28)44)35(45)39-20-22-11-13-26(14-12-22)42-33(27-10-7-17-38-32(27)37)41-30-16-15-29(40-34(30)42)23-8-5-4-6-9-23/h4-19,21,44H,20H2,1-3H3,(H2,37,38)(H,39,45). The Hall–Kier alpha value is -5.83. The number of hydrogen-bond acceptors (Lipinski definition) is 7. The molecule has 3 heterocycles. The molecule has 0 radical (unpaired) electrons. The Bertz CT molecular complexity index is 2040. The van der Waals surface area contributed by atoms with Crippen LogP contribution in [0.5, 0.6) is 5.75 Å². The number of aromatic hydroxyl groups is 1. The van der Waals surface area contributed by atoms with Crippen LogP contribution < -0.4 is 11.1 Å². The summed E-state index contributed by atoms with van der Waals surface area (Å²) in [5.41, 5.74) is 12.3. The molecule has 1 amide bonds. The number of amides is 1. The molecule has 4 N–H and O–H groups in total. The second-order valence-corrected chi connectivity index (χ2v) is 11.8. The van der Waals surface area contributed by atoms with Crippen LogP contribution in [0.25, 0.3) is 39.5 Å². The largest absolute Gasteiger partial charge is 0.507 e. The lowest BCUT2D eigenvalue weighted by atomic mass is 9.84. The van der Waals surface area contributed by atoms with E-state index >= 15 is 0 Å². The molecule has 0 fully saturated rings. The maximum atomic E-state index is 13.1. The zero-order valence-corrected chi connectivity index (χ0v) is 25.2. The number of rotatable bonds is 7. The normalized spacial score (nSPS) is 11.4. The Morgan fingerprint density at radius 1 is 0.956 bits per heavy atom. The number of nitrogen functional groups attached to an aromatic ring is 1. The highest BCUT2D eigenvalue weighted by molar-refractivity contribution is 5.97. The molecule has 6 rings (SSSR count). The number of aromatic nitrogens is 4. The summed E-state index contributed by atoms with van der Waals surface area (Å²) in [4.78, 5) is 38.9. The van der Waals surface area contributed by atoms with Crippen LogP contribution in [0, 0.1) is 0 Å². The zero-order valence-electron chi connectivity index (χ0n) is 25.2. The molecule has 45 heavy (non-hydrogen) atoms. The molecule has 0 bridgehead atoms. The molecule has 0 aliphatic carbocycles. The molecule has 0 saturated carbocycles. The van der Waals surface area contributed by atoms with Crippen molar-refractivity contribution in [3.8, 4) is 34.1 Å². The third-order valence-corrected chi connectivity index (χ3v) is 7.64. The minimum atomic E-state index is -0.457. The molecule has 224 valence electrons. The lowest BCUT2D eigenvalue weighted by molar-refractivity contribution is 0.0950. The highest BCUT2D eigenvalue weighted by Gasteiger charge is 2.23. The summed E-state index contributed by atoms with van der Waals surface area (Å²) in [5.74, 6) is 0.523. The van der Waals surface area contributed by atoms with E-state index in [9.17, 15) is 14.7 Å². The lowest BCUT2D eigenvalue weighted by Crippen LogP contribution is -2.24. The van der Waals surface area contributed by atoms with Crippen LogP contribution in [0.3, 0.4) is 0 Å². The first-order valence-electron chi connectivity index (χ1n) is 14.5. The monoisotopic (exact) mass is 596 g/mol. The summed E-state index contributed by atoms with van der Waals surface area (Å²) < 4.78 is 1.96. The molecule has 9 nitrogen and oxygen atoms in total. The molecule has 0 unspecified atom stereocenters. The smallest absolute Gasteiger partial charge is 0.251 e. The number of fused-ring (bicyclic) bond motifs is 1. The van der Waals surface area contributed by atoms with Crippen molar-refractivity contribution in [2.24, 2.45) is 0 Å². The van der Waals surface area contributed by atoms with Crippen molar-refractivity contribution in [3.63, 3.8) is 0 Å². The van der Waals surface area contributed by atoms with Gasteiger partial charge in [0.15, 0.2) is 17.8 Å². The predicted octanol–water partition coefficient (Wildman–Crippen LogP) is 6.48. The average Bonchev–Trinajstić information content (AvgIpc) is 3.42. The maximum absolute atomic E-state index is 13.1. The van der Waals surface area contributed by atoms with Crippen LogP contribution in [0.1, 0.15) is 52.6 Å². The van der Waals surface area contributed by atoms with Gasteiger partial charge in [0, 0.05) is 35.1 Å². The summed E-state index contributed by atoms with van der Waals surface area (Å²) in [6, 6.07) is 28.3. The summed E-state index contributed by atoms with van der Waals surface area (Å²) in [7, 11) is 0. The fraction of sp³-hybridized carbons (Fsp3) is 0.139. The number of carbonyl (C=O) groups is 2. The van der Waals surface area contributed by atoms with Gasteiger partial charge in [-0.2, -0.15) is 0 Å². The highest BCUT2D eigenvalue weighted by atomic mass is 16.3. The van der Waals surface area contributed by atoms with Crippen molar-refractivity contribution >= 4 is 29.2 Å². The first kappa shape index (κ1) is 29.3. The Kier molecular flexibility index (Phi) is 7.60. The second-order valence-electron chi connectivity index (χ2n) is 11.8. The van der Waals surface area contributed by atoms with Gasteiger partial charge in [-0.05, 0) is 59.5 Å². The number of nitrogens with zero attached hydrogens (tertiary/aromatic N) is 4. The highest BCUT2D eigenvalue weighted by Crippen LogP contribution is 2.34. The minimum absolute atomic E-state index is 0.0820. The van der Waals surface area contributed by atoms with Crippen LogP contribution in [0.15, 0.2) is 97.2 Å². The van der Waals surface area contributed by atoms with Gasteiger partial charge < -0.3 is 16.2 Å². The third kappa shape index (κ3) is 5.75. The van der Waals surface area contributed by atoms with Gasteiger partial charge in [-0.3, -0.25) is 14.2 Å². The van der Waals surface area contributed by atoms with Gasteiger partial charge in [-0.25, -0.2) is 15.0 Å². The first-order chi connectivity index (χ1) is 21.6. The number of carbonyl (C=O) groups excluding carboxylic acids is 2. The molecule has 3 aromatic carbocycles. The van der Waals surface area contributed by atoms with Crippen molar-refractivity contribution in [3.05, 3.63) is 119 Å². The molecule has 3 aromatic heterocycles. The Morgan fingerprint density at radius 2 is 1.71 bits per heavy atom. The van der Waals surface area contributed by atoms with E-state index in [0.29, 0.717) is 45.8 Å². The van der Waals surface area contributed by atoms with E-state index in [0.717, 1.165) is 22.5 Å². The van der Waals surface area contributed by atoms with Gasteiger partial charge in [0.25, 0.3) is 5.91 Å². The number of nitrogens with two attached hydrogens (primary N) is 1. The lowest BCUT2D eigenvalue weighted by Gasteiger charge is -2.22. The van der Waals surface area contributed by atoms with Crippen molar-refractivity contribution in [2.75, 3.05) is 5.73 Å². The summed E-state index contributed by atoms with van der Waals surface area (Å²) in [6.07, 6.45) is 2.20. The van der Waals surface area contributed by atoms with Crippen LogP contribution in [0.2, 0.25) is 0 Å². The third-order valence-electron chi connectivity index (χ3n) is 7.64. The van der Waals surface area contributed by atoms with E-state index in [2.05, 4.69) is 10.3 Å². The fourth-order valence-electron chi connectivity index (χ4n) is 5.26. The number of benzene rings is 3. The van der Waals surface area contributed by atoms with Crippen LogP contribution in [-0.2, 0) is 12.0 Å². The van der Waals surface area contributed by atoms with E-state index in [4.69, 9.17) is 15.7 Å². The van der Waals surface area contributed by atoms with Gasteiger partial charge in [0.05, 0.1) is 16.8 Å². The van der Waals surface area contributed by atoms with E-state index in [1.165, 1.54) is 6.07 Å². The first-order valence-corrected chi connectivity index (χ1v) is 14.5. The van der Waals surface area contributed by atoms with Crippen molar-refractivity contribution < 1.29 is 14.7 Å². The number of imidazole rings is 1. The number of phenols is 1. The molecular weight excluding hydrogens is 564 g/mol. The SMILES string of the molecule is CC(C)(C)c1cc(C(=O)NCc2ccc(-n3c(-c4cccnc4N)nc4ccc(-c5ccccc5)nc43)cc2)cc(C=O)c1O. The van der Waals surface area contributed by atoms with E-state index in [1.54, 1.807) is 12.3 Å². The van der Waals surface area contributed by atoms with E-state index in [-0.39, 0.29) is 23.8 Å². The number of aldehydes is 1. The molecule has 0 saturated heterocycles. The zero-order chi connectivity index (χ0) is 31.7. The summed E-state index contributed by atoms with van der Waals surface area (Å²) in [6.45, 7) is 5.99. The molecule has 0 atom stereocenters. The van der Waals surface area contributed by atoms with E-state index in [1.807, 2.05) is 104 Å². The quantitative estimate of drug-likeness (QED) is 0.180. The topological polar surface area (TPSA) is 136 Å². The number of anilines is 1. The Labute approximate surface area is 260 Å².